The summed E-state index contributed by atoms with van der Waals surface area (Å²) in [7, 11) is 0. The third-order valence-corrected chi connectivity index (χ3v) is 5.30. The highest BCUT2D eigenvalue weighted by atomic mass is 19.1. The third-order valence-electron chi connectivity index (χ3n) is 5.30. The molecular formula is C24H21F2N5O4. The second-order valence-electron chi connectivity index (χ2n) is 7.64. The summed E-state index contributed by atoms with van der Waals surface area (Å²) in [5.74, 6) is -2.16. The Morgan fingerprint density at radius 1 is 1.11 bits per heavy atom. The van der Waals surface area contributed by atoms with Crippen molar-refractivity contribution in [3.8, 4) is 22.8 Å². The van der Waals surface area contributed by atoms with E-state index in [0.29, 0.717) is 12.0 Å². The number of rotatable bonds is 9. The van der Waals surface area contributed by atoms with Gasteiger partial charge in [0.25, 0.3) is 5.56 Å². The molecule has 0 atom stereocenters. The first kappa shape index (κ1) is 23.9. The van der Waals surface area contributed by atoms with E-state index in [-0.39, 0.29) is 65.9 Å². The summed E-state index contributed by atoms with van der Waals surface area (Å²) in [4.78, 5) is 37.9. The molecule has 0 amide bonds. The zero-order chi connectivity index (χ0) is 24.9. The molecule has 0 saturated carbocycles. The quantitative estimate of drug-likeness (QED) is 0.348. The van der Waals surface area contributed by atoms with Gasteiger partial charge in [0.2, 0.25) is 5.89 Å². The third kappa shape index (κ3) is 5.14. The second kappa shape index (κ2) is 10.3. The summed E-state index contributed by atoms with van der Waals surface area (Å²) < 4.78 is 34.7. The number of ketones is 1. The summed E-state index contributed by atoms with van der Waals surface area (Å²) in [6, 6.07) is 6.31. The minimum absolute atomic E-state index is 0.0961. The van der Waals surface area contributed by atoms with Crippen LogP contribution in [0.1, 0.15) is 28.9 Å². The molecule has 0 aliphatic rings. The SMILES string of the molecule is Nc1nc(-c2ncco2)c(-c2ccc(=O)n(CCCO)c2)nc1C(=O)CCc1c(F)cccc1F. The molecule has 180 valence electrons. The van der Waals surface area contributed by atoms with E-state index in [1.807, 2.05) is 0 Å². The van der Waals surface area contributed by atoms with Crippen LogP contribution in [-0.2, 0) is 13.0 Å². The predicted octanol–water partition coefficient (Wildman–Crippen LogP) is 3.02. The molecule has 3 aromatic heterocycles. The Hall–Kier alpha value is -4.25. The number of Topliss-reactive ketones (excluding diaryl/α,β-unsaturated/α-hetero) is 1. The molecule has 4 rings (SSSR count). The minimum Gasteiger partial charge on any atom is -0.443 e. The highest BCUT2D eigenvalue weighted by Crippen LogP contribution is 2.30. The van der Waals surface area contributed by atoms with E-state index in [0.717, 1.165) is 12.1 Å². The summed E-state index contributed by atoms with van der Waals surface area (Å²) in [6.45, 7) is 0.168. The number of aliphatic hydroxyl groups is 1. The van der Waals surface area contributed by atoms with Crippen molar-refractivity contribution < 1.29 is 23.1 Å². The van der Waals surface area contributed by atoms with Crippen molar-refractivity contribution in [1.29, 1.82) is 0 Å². The molecule has 0 spiro atoms. The average Bonchev–Trinajstić information content (AvgIpc) is 3.38. The van der Waals surface area contributed by atoms with E-state index in [1.54, 1.807) is 0 Å². The first-order valence-corrected chi connectivity index (χ1v) is 10.7. The number of nitrogens with zero attached hydrogens (tertiary/aromatic N) is 4. The number of aromatic nitrogens is 4. The normalized spacial score (nSPS) is 11.1. The zero-order valence-electron chi connectivity index (χ0n) is 18.4. The number of pyridine rings is 1. The van der Waals surface area contributed by atoms with E-state index in [1.165, 1.54) is 41.4 Å². The van der Waals surface area contributed by atoms with Crippen LogP contribution >= 0.6 is 0 Å². The number of aliphatic hydroxyl groups excluding tert-OH is 1. The standard InChI is InChI=1S/C24H21F2N5O4/c25-16-3-1-4-17(26)15(16)6-7-18(33)21-23(27)30-22(24-28-9-12-35-24)20(29-21)14-5-8-19(34)31(13-14)10-2-11-32/h1,3-5,8-9,12-13,32H,2,6-7,10-11H2,(H2,27,30). The van der Waals surface area contributed by atoms with E-state index in [4.69, 9.17) is 15.3 Å². The molecule has 0 aliphatic carbocycles. The van der Waals surface area contributed by atoms with Gasteiger partial charge in [-0.3, -0.25) is 9.59 Å². The maximum Gasteiger partial charge on any atom is 0.250 e. The lowest BCUT2D eigenvalue weighted by atomic mass is 10.0. The Balaban J connectivity index is 1.75. The molecule has 3 N–H and O–H groups in total. The van der Waals surface area contributed by atoms with Gasteiger partial charge in [0.05, 0.1) is 6.20 Å². The molecule has 4 aromatic rings. The van der Waals surface area contributed by atoms with Crippen LogP contribution in [0.15, 0.2) is 58.2 Å². The van der Waals surface area contributed by atoms with Crippen molar-refractivity contribution >= 4 is 11.6 Å². The predicted molar refractivity (Wildman–Crippen MR) is 122 cm³/mol. The minimum atomic E-state index is -0.748. The van der Waals surface area contributed by atoms with Crippen LogP contribution in [0.25, 0.3) is 22.8 Å². The van der Waals surface area contributed by atoms with Gasteiger partial charge in [-0.05, 0) is 31.0 Å². The number of halogens is 2. The molecule has 11 heteroatoms. The van der Waals surface area contributed by atoms with Gasteiger partial charge in [-0.2, -0.15) is 0 Å². The van der Waals surface area contributed by atoms with Crippen LogP contribution in [-0.4, -0.2) is 37.0 Å². The molecule has 0 radical (unpaired) electrons. The lowest BCUT2D eigenvalue weighted by Gasteiger charge is -2.12. The number of nitrogens with two attached hydrogens (primary N) is 1. The molecule has 0 unspecified atom stereocenters. The Labute approximate surface area is 197 Å². The van der Waals surface area contributed by atoms with Crippen LogP contribution in [0.4, 0.5) is 14.6 Å². The van der Waals surface area contributed by atoms with E-state index >= 15 is 0 Å². The van der Waals surface area contributed by atoms with Gasteiger partial charge >= 0.3 is 0 Å². The Kier molecular flexibility index (Phi) is 7.06. The molecule has 3 heterocycles. The largest absolute Gasteiger partial charge is 0.443 e. The fourth-order valence-electron chi connectivity index (χ4n) is 3.56. The number of carbonyl (C=O) groups excluding carboxylic acids is 1. The first-order chi connectivity index (χ1) is 16.9. The first-order valence-electron chi connectivity index (χ1n) is 10.7. The van der Waals surface area contributed by atoms with Crippen LogP contribution in [0.2, 0.25) is 0 Å². The van der Waals surface area contributed by atoms with Gasteiger partial charge in [-0.15, -0.1) is 0 Å². The molecule has 1 aromatic carbocycles. The molecule has 0 bridgehead atoms. The van der Waals surface area contributed by atoms with Crippen LogP contribution in [0.5, 0.6) is 0 Å². The Morgan fingerprint density at radius 2 is 1.89 bits per heavy atom. The van der Waals surface area contributed by atoms with Gasteiger partial charge < -0.3 is 19.8 Å². The second-order valence-corrected chi connectivity index (χ2v) is 7.64. The van der Waals surface area contributed by atoms with Crippen molar-refractivity contribution in [2.24, 2.45) is 0 Å². The lowest BCUT2D eigenvalue weighted by molar-refractivity contribution is 0.0978. The van der Waals surface area contributed by atoms with Crippen molar-refractivity contribution in [3.05, 3.63) is 82.2 Å². The van der Waals surface area contributed by atoms with Gasteiger partial charge in [0, 0.05) is 43.0 Å². The van der Waals surface area contributed by atoms with Gasteiger partial charge in [-0.1, -0.05) is 6.07 Å². The number of hydrogen-bond acceptors (Lipinski definition) is 8. The Morgan fingerprint density at radius 3 is 2.57 bits per heavy atom. The molecular weight excluding hydrogens is 460 g/mol. The lowest BCUT2D eigenvalue weighted by Crippen LogP contribution is -2.19. The number of aryl methyl sites for hydroxylation is 1. The number of benzene rings is 1. The number of hydrogen-bond donors (Lipinski definition) is 2. The van der Waals surface area contributed by atoms with E-state index in [2.05, 4.69) is 15.0 Å². The number of oxazole rings is 1. The van der Waals surface area contributed by atoms with Crippen LogP contribution in [0.3, 0.4) is 0 Å². The van der Waals surface area contributed by atoms with Gasteiger partial charge in [0.15, 0.2) is 17.3 Å². The summed E-state index contributed by atoms with van der Waals surface area (Å²) in [6.07, 6.45) is 4.17. The Bertz CT molecular complexity index is 1400. The molecule has 35 heavy (non-hydrogen) atoms. The monoisotopic (exact) mass is 481 g/mol. The highest BCUT2D eigenvalue weighted by Gasteiger charge is 2.23. The van der Waals surface area contributed by atoms with Crippen LogP contribution in [0, 0.1) is 11.6 Å². The van der Waals surface area contributed by atoms with Crippen molar-refractivity contribution in [2.75, 3.05) is 12.3 Å². The highest BCUT2D eigenvalue weighted by molar-refractivity contribution is 5.99. The zero-order valence-corrected chi connectivity index (χ0v) is 18.4. The molecule has 9 nitrogen and oxygen atoms in total. The van der Waals surface area contributed by atoms with E-state index in [9.17, 15) is 18.4 Å². The maximum atomic E-state index is 14.0. The molecule has 0 fully saturated rings. The summed E-state index contributed by atoms with van der Waals surface area (Å²) in [5, 5.41) is 9.11. The molecule has 0 saturated heterocycles. The number of carbonyl (C=O) groups is 1. The van der Waals surface area contributed by atoms with Crippen molar-refractivity contribution in [1.82, 2.24) is 19.5 Å². The molecule has 0 aliphatic heterocycles. The fourth-order valence-corrected chi connectivity index (χ4v) is 3.56. The van der Waals surface area contributed by atoms with Gasteiger partial charge in [0.1, 0.15) is 29.3 Å². The number of anilines is 1. The average molecular weight is 481 g/mol. The van der Waals surface area contributed by atoms with Crippen LogP contribution < -0.4 is 11.3 Å². The summed E-state index contributed by atoms with van der Waals surface area (Å²) in [5.41, 5.74) is 6.11. The van der Waals surface area contributed by atoms with Gasteiger partial charge in [-0.25, -0.2) is 23.7 Å². The maximum absolute atomic E-state index is 14.0. The number of nitrogen functional groups attached to an aromatic ring is 1. The topological polar surface area (TPSA) is 137 Å². The fraction of sp³-hybridized carbons (Fsp3) is 0.208. The van der Waals surface area contributed by atoms with Crippen molar-refractivity contribution in [3.63, 3.8) is 0 Å². The summed E-state index contributed by atoms with van der Waals surface area (Å²) >= 11 is 0. The van der Waals surface area contributed by atoms with E-state index < -0.39 is 17.4 Å². The van der Waals surface area contributed by atoms with Crippen molar-refractivity contribution in [2.45, 2.75) is 25.8 Å². The smallest absolute Gasteiger partial charge is 0.250 e.